The first kappa shape index (κ1) is 54.6. The Kier molecular flexibility index (Phi) is 24.1. The Morgan fingerprint density at radius 2 is 1.17 bits per heavy atom. The maximum Gasteiger partial charge on any atom is 0.509 e. The van der Waals surface area contributed by atoms with Crippen molar-refractivity contribution in [3.05, 3.63) is 48.0 Å². The van der Waals surface area contributed by atoms with Crippen LogP contribution in [0.2, 0.25) is 0 Å². The van der Waals surface area contributed by atoms with Gasteiger partial charge in [-0.1, -0.05) is 42.5 Å². The Balaban J connectivity index is 2.04. The van der Waals surface area contributed by atoms with Crippen molar-refractivity contribution in [1.82, 2.24) is 0 Å². The van der Waals surface area contributed by atoms with Crippen LogP contribution in [0.3, 0.4) is 0 Å². The average Bonchev–Trinajstić information content (AvgIpc) is 3.53. The zero-order chi connectivity index (χ0) is 47.9. The molecule has 0 bridgehead atoms. The van der Waals surface area contributed by atoms with Crippen molar-refractivity contribution in [3.8, 4) is 0 Å². The summed E-state index contributed by atoms with van der Waals surface area (Å²) in [5.74, 6) is -7.27. The summed E-state index contributed by atoms with van der Waals surface area (Å²) >= 11 is 0. The SMILES string of the molecule is CC(=O)O[C@H]1C[C@@H](OC(=O)OC(C)C(=O)OC(C)C(=O)OC(C)C(=O)OC(C)C(=O)OC(C)C(=O)OCO)[C@H](CC[C@@H](O)CCc2ccccc2)[C@H]1C/C=C\CCCC(=O)OC(C)C. The van der Waals surface area contributed by atoms with E-state index in [1.165, 1.54) is 20.8 Å². The second-order valence-electron chi connectivity index (χ2n) is 15.7. The summed E-state index contributed by atoms with van der Waals surface area (Å²) < 4.78 is 46.0. The van der Waals surface area contributed by atoms with Gasteiger partial charge in [0.25, 0.3) is 0 Å². The highest BCUT2D eigenvalue weighted by atomic mass is 16.7. The van der Waals surface area contributed by atoms with Gasteiger partial charge in [-0.05, 0) is 99.0 Å². The molecular formula is C45H64O19. The number of hydrogen-bond acceptors (Lipinski definition) is 19. The molecule has 1 saturated carbocycles. The summed E-state index contributed by atoms with van der Waals surface area (Å²) in [7, 11) is 0. The minimum atomic E-state index is -1.61. The van der Waals surface area contributed by atoms with Crippen molar-refractivity contribution in [1.29, 1.82) is 0 Å². The average molecular weight is 909 g/mol. The number of ether oxygens (including phenoxy) is 9. The second-order valence-corrected chi connectivity index (χ2v) is 15.7. The molecule has 1 fully saturated rings. The first-order valence-electron chi connectivity index (χ1n) is 21.4. The fraction of sp³-hybridized carbons (Fsp3) is 0.644. The summed E-state index contributed by atoms with van der Waals surface area (Å²) in [6.45, 7) is 9.64. The van der Waals surface area contributed by atoms with Gasteiger partial charge in [-0.25, -0.2) is 28.8 Å². The van der Waals surface area contributed by atoms with Crippen molar-refractivity contribution < 1.29 is 91.2 Å². The molecule has 2 N–H and O–H groups in total. The number of hydrogen-bond donors (Lipinski definition) is 2. The molecule has 19 heteroatoms. The third kappa shape index (κ3) is 20.3. The molecule has 0 aliphatic heterocycles. The van der Waals surface area contributed by atoms with Crippen LogP contribution in [0.4, 0.5) is 4.79 Å². The summed E-state index contributed by atoms with van der Waals surface area (Å²) in [5, 5.41) is 19.6. The molecule has 0 aromatic heterocycles. The van der Waals surface area contributed by atoms with Crippen molar-refractivity contribution in [3.63, 3.8) is 0 Å². The van der Waals surface area contributed by atoms with Gasteiger partial charge >= 0.3 is 47.9 Å². The molecule has 0 amide bonds. The predicted molar refractivity (Wildman–Crippen MR) is 222 cm³/mol. The maximum absolute atomic E-state index is 13.2. The Morgan fingerprint density at radius 1 is 0.656 bits per heavy atom. The lowest BCUT2D eigenvalue weighted by Gasteiger charge is -2.26. The topological polar surface area (TPSA) is 260 Å². The van der Waals surface area contributed by atoms with Gasteiger partial charge in [0.2, 0.25) is 0 Å². The Morgan fingerprint density at radius 3 is 1.69 bits per heavy atom. The van der Waals surface area contributed by atoms with Crippen molar-refractivity contribution in [2.75, 3.05) is 6.79 Å². The zero-order valence-corrected chi connectivity index (χ0v) is 37.8. The highest BCUT2D eigenvalue weighted by molar-refractivity contribution is 5.86. The number of esters is 7. The molecule has 0 radical (unpaired) electrons. The molecule has 1 aromatic rings. The molecule has 0 heterocycles. The van der Waals surface area contributed by atoms with Crippen LogP contribution in [0.5, 0.6) is 0 Å². The molecule has 64 heavy (non-hydrogen) atoms. The number of aryl methyl sites for hydroxylation is 1. The highest BCUT2D eigenvalue weighted by Gasteiger charge is 2.47. The van der Waals surface area contributed by atoms with E-state index >= 15 is 0 Å². The van der Waals surface area contributed by atoms with Crippen LogP contribution in [0.15, 0.2) is 42.5 Å². The van der Waals surface area contributed by atoms with E-state index in [-0.39, 0.29) is 30.8 Å². The fourth-order valence-electron chi connectivity index (χ4n) is 6.70. The Hall–Kier alpha value is -5.56. The van der Waals surface area contributed by atoms with E-state index in [9.17, 15) is 43.5 Å². The third-order valence-electron chi connectivity index (χ3n) is 9.98. The van der Waals surface area contributed by atoms with Gasteiger partial charge in [-0.2, -0.15) is 0 Å². The lowest BCUT2D eigenvalue weighted by atomic mass is 9.85. The molecule has 0 spiro atoms. The number of rotatable bonds is 26. The van der Waals surface area contributed by atoms with Crippen molar-refractivity contribution in [2.24, 2.45) is 11.8 Å². The molecule has 1 aliphatic rings. The number of carbonyl (C=O) groups excluding carboxylic acids is 8. The summed E-state index contributed by atoms with van der Waals surface area (Å²) in [5.41, 5.74) is 1.07. The van der Waals surface area contributed by atoms with Gasteiger partial charge in [0.05, 0.1) is 12.2 Å². The van der Waals surface area contributed by atoms with E-state index in [1.807, 2.05) is 42.5 Å². The molecular weight excluding hydrogens is 844 g/mol. The van der Waals surface area contributed by atoms with E-state index in [0.29, 0.717) is 44.9 Å². The highest BCUT2D eigenvalue weighted by Crippen LogP contribution is 2.42. The first-order valence-corrected chi connectivity index (χ1v) is 21.4. The summed E-state index contributed by atoms with van der Waals surface area (Å²) in [6, 6.07) is 9.69. The molecule has 19 nitrogen and oxygen atoms in total. The molecule has 0 saturated heterocycles. The predicted octanol–water partition coefficient (Wildman–Crippen LogP) is 4.53. The smallest absolute Gasteiger partial charge is 0.463 e. The van der Waals surface area contributed by atoms with Crippen molar-refractivity contribution in [2.45, 2.75) is 168 Å². The monoisotopic (exact) mass is 908 g/mol. The zero-order valence-electron chi connectivity index (χ0n) is 37.8. The van der Waals surface area contributed by atoms with Crippen LogP contribution in [0, 0.1) is 11.8 Å². The van der Waals surface area contributed by atoms with Gasteiger partial charge in [-0.3, -0.25) is 9.59 Å². The second kappa shape index (κ2) is 28.3. The summed E-state index contributed by atoms with van der Waals surface area (Å²) in [4.78, 5) is 99.1. The van der Waals surface area contributed by atoms with Gasteiger partial charge in [-0.15, -0.1) is 0 Å². The normalized spacial score (nSPS) is 19.8. The minimum Gasteiger partial charge on any atom is -0.463 e. The molecule has 10 atom stereocenters. The molecule has 1 aliphatic carbocycles. The van der Waals surface area contributed by atoms with Crippen LogP contribution in [-0.4, -0.2) is 120 Å². The van der Waals surface area contributed by atoms with Crippen LogP contribution in [0.25, 0.3) is 0 Å². The number of benzene rings is 1. The van der Waals surface area contributed by atoms with E-state index in [4.69, 9.17) is 43.0 Å². The van der Waals surface area contributed by atoms with E-state index in [1.54, 1.807) is 13.8 Å². The van der Waals surface area contributed by atoms with Gasteiger partial charge in [0, 0.05) is 31.6 Å². The number of allylic oxidation sites excluding steroid dienone is 2. The standard InChI is InChI=1S/C45H64O19/c1-26(2)57-39(49)19-15-10-9-14-18-35-36(23-22-34(48)21-20-33-16-12-11-13-17-33)38(24-37(35)63-32(8)47)64-45(55)62-31(7)44(54)61-30(6)43(53)60-29(5)42(52)59-28(4)41(51)58-27(3)40(50)56-25-46/h9,11-14,16-17,26-31,34-38,46,48H,10,15,18-25H2,1-8H3/b14-9-/t27?,28?,29?,30?,31?,34-,35+,36+,37-,38+/m0/s1. The molecule has 5 unspecified atom stereocenters. The lowest BCUT2D eigenvalue weighted by molar-refractivity contribution is -0.186. The molecule has 1 aromatic carbocycles. The molecule has 358 valence electrons. The van der Waals surface area contributed by atoms with Crippen molar-refractivity contribution >= 4 is 47.9 Å². The van der Waals surface area contributed by atoms with Crippen LogP contribution in [0.1, 0.15) is 112 Å². The van der Waals surface area contributed by atoms with Gasteiger partial charge in [0.1, 0.15) is 12.2 Å². The van der Waals surface area contributed by atoms with E-state index in [0.717, 1.165) is 26.3 Å². The van der Waals surface area contributed by atoms with Gasteiger partial charge in [0.15, 0.2) is 37.3 Å². The lowest BCUT2D eigenvalue weighted by Crippen LogP contribution is -2.38. The van der Waals surface area contributed by atoms with Crippen LogP contribution in [-0.2, 0) is 82.6 Å². The van der Waals surface area contributed by atoms with Crippen LogP contribution < -0.4 is 0 Å². The fourth-order valence-corrected chi connectivity index (χ4v) is 6.70. The Labute approximate surface area is 373 Å². The van der Waals surface area contributed by atoms with Gasteiger partial charge < -0.3 is 52.8 Å². The minimum absolute atomic E-state index is 0.111. The van der Waals surface area contributed by atoms with E-state index < -0.39 is 104 Å². The number of unbranched alkanes of at least 4 members (excludes halogenated alkanes) is 1. The quantitative estimate of drug-likeness (QED) is 0.0425. The number of aliphatic hydroxyl groups excluding tert-OH is 2. The first-order chi connectivity index (χ1) is 30.2. The number of carbonyl (C=O) groups is 8. The van der Waals surface area contributed by atoms with E-state index in [2.05, 4.69) is 4.74 Å². The maximum atomic E-state index is 13.2. The summed E-state index contributed by atoms with van der Waals surface area (Å²) in [6.07, 6.45) is -3.74. The number of aliphatic hydroxyl groups is 2. The third-order valence-corrected chi connectivity index (χ3v) is 9.98. The van der Waals surface area contributed by atoms with Crippen LogP contribution >= 0.6 is 0 Å². The largest absolute Gasteiger partial charge is 0.509 e. The molecule has 2 rings (SSSR count). The Bertz CT molecular complexity index is 1710.